The number of hydrogen-bond acceptors (Lipinski definition) is 4. The Morgan fingerprint density at radius 3 is 2.77 bits per heavy atom. The normalized spacial score (nSPS) is 10.6. The molecule has 0 unspecified atom stereocenters. The molecule has 1 aromatic heterocycles. The first kappa shape index (κ1) is 14.5. The standard InChI is InChI=1S/C17H17N3OS/c1-2-18-17-20-14-9-8-13(10-15(14)22-17)16(21)19-11-12-6-4-3-5-7-12/h3-10H,2,11H2,1H3,(H,18,20)(H,19,21). The Hall–Kier alpha value is -2.40. The summed E-state index contributed by atoms with van der Waals surface area (Å²) in [6.07, 6.45) is 0. The monoisotopic (exact) mass is 311 g/mol. The molecule has 1 heterocycles. The van der Waals surface area contributed by atoms with Crippen molar-refractivity contribution in [1.82, 2.24) is 10.3 Å². The number of rotatable bonds is 5. The Morgan fingerprint density at radius 2 is 2.00 bits per heavy atom. The molecule has 3 rings (SSSR count). The summed E-state index contributed by atoms with van der Waals surface area (Å²) in [6.45, 7) is 3.40. The molecule has 0 radical (unpaired) electrons. The molecule has 4 nitrogen and oxygen atoms in total. The average molecular weight is 311 g/mol. The number of fused-ring (bicyclic) bond motifs is 1. The molecule has 112 valence electrons. The van der Waals surface area contributed by atoms with Gasteiger partial charge in [-0.2, -0.15) is 0 Å². The number of hydrogen-bond donors (Lipinski definition) is 2. The number of carbonyl (C=O) groups excluding carboxylic acids is 1. The van der Waals surface area contributed by atoms with Gasteiger partial charge in [0.05, 0.1) is 10.2 Å². The first-order valence-corrected chi connectivity index (χ1v) is 8.04. The van der Waals surface area contributed by atoms with Gasteiger partial charge in [0.1, 0.15) is 0 Å². The smallest absolute Gasteiger partial charge is 0.251 e. The zero-order chi connectivity index (χ0) is 15.4. The lowest BCUT2D eigenvalue weighted by molar-refractivity contribution is 0.0951. The maximum absolute atomic E-state index is 12.3. The highest BCUT2D eigenvalue weighted by atomic mass is 32.1. The van der Waals surface area contributed by atoms with Crippen molar-refractivity contribution in [2.45, 2.75) is 13.5 Å². The van der Waals surface area contributed by atoms with E-state index < -0.39 is 0 Å². The first-order valence-electron chi connectivity index (χ1n) is 7.23. The molecule has 0 bridgehead atoms. The predicted molar refractivity (Wildman–Crippen MR) is 91.4 cm³/mol. The van der Waals surface area contributed by atoms with E-state index in [1.54, 1.807) is 11.3 Å². The molecule has 22 heavy (non-hydrogen) atoms. The fourth-order valence-corrected chi connectivity index (χ4v) is 3.15. The lowest BCUT2D eigenvalue weighted by atomic mass is 10.2. The highest BCUT2D eigenvalue weighted by Crippen LogP contribution is 2.26. The van der Waals surface area contributed by atoms with E-state index in [1.165, 1.54) is 0 Å². The number of carbonyl (C=O) groups is 1. The molecule has 0 atom stereocenters. The van der Waals surface area contributed by atoms with Gasteiger partial charge in [-0.05, 0) is 30.7 Å². The molecule has 1 amide bonds. The minimum absolute atomic E-state index is 0.0656. The van der Waals surface area contributed by atoms with Crippen LogP contribution in [0.1, 0.15) is 22.8 Å². The maximum atomic E-state index is 12.3. The second-order valence-electron chi connectivity index (χ2n) is 4.90. The Morgan fingerprint density at radius 1 is 1.18 bits per heavy atom. The molecule has 0 aliphatic carbocycles. The number of thiazole rings is 1. The van der Waals surface area contributed by atoms with Crippen LogP contribution in [0.4, 0.5) is 5.13 Å². The van der Waals surface area contributed by atoms with Crippen molar-refractivity contribution in [1.29, 1.82) is 0 Å². The van der Waals surface area contributed by atoms with E-state index in [2.05, 4.69) is 15.6 Å². The Bertz CT molecular complexity index is 783. The molecular weight excluding hydrogens is 294 g/mol. The van der Waals surface area contributed by atoms with Gasteiger partial charge in [-0.25, -0.2) is 4.98 Å². The molecule has 2 N–H and O–H groups in total. The summed E-state index contributed by atoms with van der Waals surface area (Å²) in [4.78, 5) is 16.7. The highest BCUT2D eigenvalue weighted by Gasteiger charge is 2.09. The zero-order valence-corrected chi connectivity index (χ0v) is 13.1. The topological polar surface area (TPSA) is 54.0 Å². The third-order valence-corrected chi connectivity index (χ3v) is 4.25. The molecule has 0 saturated heterocycles. The summed E-state index contributed by atoms with van der Waals surface area (Å²) >= 11 is 1.57. The van der Waals surface area contributed by atoms with Gasteiger partial charge in [-0.15, -0.1) is 0 Å². The molecule has 5 heteroatoms. The van der Waals surface area contributed by atoms with Gasteiger partial charge >= 0.3 is 0 Å². The van der Waals surface area contributed by atoms with Crippen LogP contribution in [0.25, 0.3) is 10.2 Å². The first-order chi connectivity index (χ1) is 10.8. The fourth-order valence-electron chi connectivity index (χ4n) is 2.17. The molecule has 0 aliphatic heterocycles. The van der Waals surface area contributed by atoms with Crippen molar-refractivity contribution in [3.63, 3.8) is 0 Å². The lowest BCUT2D eigenvalue weighted by Crippen LogP contribution is -2.22. The largest absolute Gasteiger partial charge is 0.362 e. The third kappa shape index (κ3) is 3.26. The SMILES string of the molecule is CCNc1nc2ccc(C(=O)NCc3ccccc3)cc2s1. The van der Waals surface area contributed by atoms with Crippen LogP contribution in [-0.2, 0) is 6.54 Å². The van der Waals surface area contributed by atoms with Crippen LogP contribution in [-0.4, -0.2) is 17.4 Å². The van der Waals surface area contributed by atoms with E-state index in [9.17, 15) is 4.79 Å². The van der Waals surface area contributed by atoms with E-state index in [-0.39, 0.29) is 5.91 Å². The minimum atomic E-state index is -0.0656. The average Bonchev–Trinajstić information content (AvgIpc) is 2.95. The van der Waals surface area contributed by atoms with Gasteiger partial charge in [0, 0.05) is 18.7 Å². The van der Waals surface area contributed by atoms with Crippen LogP contribution >= 0.6 is 11.3 Å². The molecule has 0 fully saturated rings. The van der Waals surface area contributed by atoms with Crippen molar-refractivity contribution in [3.05, 3.63) is 59.7 Å². The Balaban J connectivity index is 1.73. The third-order valence-electron chi connectivity index (χ3n) is 3.27. The summed E-state index contributed by atoms with van der Waals surface area (Å²) < 4.78 is 1.02. The van der Waals surface area contributed by atoms with Gasteiger partial charge in [0.2, 0.25) is 0 Å². The van der Waals surface area contributed by atoms with Crippen LogP contribution in [0.2, 0.25) is 0 Å². The van der Waals surface area contributed by atoms with Crippen LogP contribution in [0.15, 0.2) is 48.5 Å². The van der Waals surface area contributed by atoms with E-state index >= 15 is 0 Å². The number of amides is 1. The predicted octanol–water partition coefficient (Wildman–Crippen LogP) is 3.66. The lowest BCUT2D eigenvalue weighted by Gasteiger charge is -2.05. The summed E-state index contributed by atoms with van der Waals surface area (Å²) in [5.41, 5.74) is 2.67. The van der Waals surface area contributed by atoms with Crippen LogP contribution in [0, 0.1) is 0 Å². The summed E-state index contributed by atoms with van der Waals surface area (Å²) in [6, 6.07) is 15.5. The van der Waals surface area contributed by atoms with Gasteiger partial charge in [0.25, 0.3) is 5.91 Å². The van der Waals surface area contributed by atoms with Crippen LogP contribution < -0.4 is 10.6 Å². The van der Waals surface area contributed by atoms with Gasteiger partial charge in [-0.3, -0.25) is 4.79 Å². The Kier molecular flexibility index (Phi) is 4.34. The molecule has 0 aliphatic rings. The second-order valence-corrected chi connectivity index (χ2v) is 5.93. The second kappa shape index (κ2) is 6.58. The molecule has 0 saturated carbocycles. The molecule has 2 aromatic carbocycles. The van der Waals surface area contributed by atoms with E-state index in [4.69, 9.17) is 0 Å². The number of anilines is 1. The van der Waals surface area contributed by atoms with Gasteiger partial charge < -0.3 is 10.6 Å². The van der Waals surface area contributed by atoms with E-state index in [0.29, 0.717) is 12.1 Å². The van der Waals surface area contributed by atoms with Crippen LogP contribution in [0.5, 0.6) is 0 Å². The molecule has 0 spiro atoms. The summed E-state index contributed by atoms with van der Waals surface area (Å²) in [5, 5.41) is 7.03. The van der Waals surface area contributed by atoms with Gasteiger partial charge in [-0.1, -0.05) is 41.7 Å². The van der Waals surface area contributed by atoms with Crippen molar-refractivity contribution < 1.29 is 4.79 Å². The summed E-state index contributed by atoms with van der Waals surface area (Å²) in [7, 11) is 0. The van der Waals surface area contributed by atoms with E-state index in [1.807, 2.05) is 55.5 Å². The zero-order valence-electron chi connectivity index (χ0n) is 12.3. The number of aromatic nitrogens is 1. The number of nitrogens with zero attached hydrogens (tertiary/aromatic N) is 1. The minimum Gasteiger partial charge on any atom is -0.362 e. The quantitative estimate of drug-likeness (QED) is 0.756. The maximum Gasteiger partial charge on any atom is 0.251 e. The van der Waals surface area contributed by atoms with Crippen molar-refractivity contribution in [2.24, 2.45) is 0 Å². The molecular formula is C17H17N3OS. The van der Waals surface area contributed by atoms with Crippen molar-refractivity contribution in [3.8, 4) is 0 Å². The number of benzene rings is 2. The highest BCUT2D eigenvalue weighted by molar-refractivity contribution is 7.22. The van der Waals surface area contributed by atoms with Crippen molar-refractivity contribution >= 4 is 32.6 Å². The van der Waals surface area contributed by atoms with Crippen LogP contribution in [0.3, 0.4) is 0 Å². The number of nitrogens with one attached hydrogen (secondary N) is 2. The Labute approximate surface area is 133 Å². The summed E-state index contributed by atoms with van der Waals surface area (Å²) in [5.74, 6) is -0.0656. The van der Waals surface area contributed by atoms with Crippen molar-refractivity contribution in [2.75, 3.05) is 11.9 Å². The van der Waals surface area contributed by atoms with E-state index in [0.717, 1.165) is 27.5 Å². The van der Waals surface area contributed by atoms with Gasteiger partial charge in [0.15, 0.2) is 5.13 Å². The molecule has 3 aromatic rings. The fraction of sp³-hybridized carbons (Fsp3) is 0.176.